The largest absolute Gasteiger partial charge is 0.390 e. The highest BCUT2D eigenvalue weighted by Gasteiger charge is 2.45. The fourth-order valence-electron chi connectivity index (χ4n) is 6.21. The van der Waals surface area contributed by atoms with Gasteiger partial charge in [-0.3, -0.25) is 29.0 Å². The van der Waals surface area contributed by atoms with E-state index in [2.05, 4.69) is 36.6 Å². The Balaban J connectivity index is 1.64. The quantitative estimate of drug-likeness (QED) is 0.133. The highest BCUT2D eigenvalue weighted by atomic mass is 16.3. The van der Waals surface area contributed by atoms with E-state index in [4.69, 9.17) is 0 Å². The Labute approximate surface area is 283 Å². The molecule has 0 saturated heterocycles. The van der Waals surface area contributed by atoms with Crippen LogP contribution in [0.3, 0.4) is 0 Å². The fraction of sp³-hybridized carbons (Fsp3) is 0.735. The van der Waals surface area contributed by atoms with Gasteiger partial charge in [-0.2, -0.15) is 0 Å². The first-order valence-corrected chi connectivity index (χ1v) is 17.1. The molecule has 1 heterocycles. The second kappa shape index (κ2) is 16.6. The van der Waals surface area contributed by atoms with Gasteiger partial charge in [-0.05, 0) is 56.3 Å². The summed E-state index contributed by atoms with van der Waals surface area (Å²) in [4.78, 5) is 73.3. The molecule has 2 unspecified atom stereocenters. The smallest absolute Gasteiger partial charge is 0.272 e. The highest BCUT2D eigenvalue weighted by molar-refractivity contribution is 5.97. The lowest BCUT2D eigenvalue weighted by Crippen LogP contribution is -2.59. The summed E-state index contributed by atoms with van der Waals surface area (Å²) >= 11 is 0. The molecule has 48 heavy (non-hydrogen) atoms. The molecule has 2 aliphatic carbocycles. The monoisotopic (exact) mass is 673 g/mol. The minimum atomic E-state index is -1.36. The number of hydrogen-bond acceptors (Lipinski definition) is 9. The summed E-state index contributed by atoms with van der Waals surface area (Å²) in [6, 6.07) is -2.59. The molecule has 0 radical (unpaired) electrons. The predicted octanol–water partition coefficient (Wildman–Crippen LogP) is 0.970. The van der Waals surface area contributed by atoms with E-state index in [1.165, 1.54) is 18.6 Å². The van der Waals surface area contributed by atoms with Gasteiger partial charge in [0.05, 0.1) is 17.8 Å². The Morgan fingerprint density at radius 2 is 1.69 bits per heavy atom. The first-order valence-electron chi connectivity index (χ1n) is 17.1. The Morgan fingerprint density at radius 3 is 2.25 bits per heavy atom. The van der Waals surface area contributed by atoms with Crippen molar-refractivity contribution in [1.29, 1.82) is 0 Å². The number of rotatable bonds is 16. The van der Waals surface area contributed by atoms with Gasteiger partial charge in [-0.1, -0.05) is 48.0 Å². The maximum atomic E-state index is 13.6. The molecule has 3 rings (SSSR count). The maximum Gasteiger partial charge on any atom is 0.272 e. The third kappa shape index (κ3) is 10.9. The standard InChI is InChI=1S/C34H55N7O7/c1-8-9-23(27(43)31(46)38-21-10-11-21)39-25(42)16-20-12-13-34(7,48)22(20)17-37-32(47)28(33(4,5)6)41-30(45)26(19(2)3)40-29(44)24-18-35-14-15-36-24/h14-15,18-23,26-28,43,48H,8-13,16-17H2,1-7H3,(H,37,47)(H,38,46)(H,39,42)(H,40,44)(H,41,45)/t20-,22+,23?,26-,27?,28-,34-/m1/s1. The van der Waals surface area contributed by atoms with Crippen molar-refractivity contribution in [2.75, 3.05) is 6.54 Å². The van der Waals surface area contributed by atoms with E-state index >= 15 is 0 Å². The molecule has 0 aromatic carbocycles. The molecule has 5 amide bonds. The van der Waals surface area contributed by atoms with E-state index in [0.29, 0.717) is 25.7 Å². The second-order valence-corrected chi connectivity index (χ2v) is 15.0. The van der Waals surface area contributed by atoms with E-state index < -0.39 is 64.8 Å². The maximum absolute atomic E-state index is 13.6. The number of aliphatic hydroxyl groups is 2. The molecule has 1 aromatic rings. The van der Waals surface area contributed by atoms with Crippen LogP contribution >= 0.6 is 0 Å². The molecule has 7 atom stereocenters. The van der Waals surface area contributed by atoms with E-state index in [-0.39, 0.29) is 42.4 Å². The van der Waals surface area contributed by atoms with Crippen LogP contribution in [0.5, 0.6) is 0 Å². The van der Waals surface area contributed by atoms with Crippen molar-refractivity contribution >= 4 is 29.5 Å². The molecule has 0 spiro atoms. The zero-order valence-corrected chi connectivity index (χ0v) is 29.3. The van der Waals surface area contributed by atoms with Crippen LogP contribution < -0.4 is 26.6 Å². The Kier molecular flexibility index (Phi) is 13.5. The number of aromatic nitrogens is 2. The van der Waals surface area contributed by atoms with Gasteiger partial charge >= 0.3 is 0 Å². The van der Waals surface area contributed by atoms with Gasteiger partial charge in [0.1, 0.15) is 17.8 Å². The van der Waals surface area contributed by atoms with E-state index in [0.717, 1.165) is 12.8 Å². The lowest BCUT2D eigenvalue weighted by Gasteiger charge is -2.34. The van der Waals surface area contributed by atoms with E-state index in [1.54, 1.807) is 20.8 Å². The van der Waals surface area contributed by atoms with Crippen molar-refractivity contribution < 1.29 is 34.2 Å². The second-order valence-electron chi connectivity index (χ2n) is 15.0. The Bertz CT molecular complexity index is 1280. The Morgan fingerprint density at radius 1 is 1.00 bits per heavy atom. The van der Waals surface area contributed by atoms with Crippen LogP contribution in [-0.4, -0.2) is 92.1 Å². The van der Waals surface area contributed by atoms with Crippen molar-refractivity contribution in [2.24, 2.45) is 23.2 Å². The average molecular weight is 674 g/mol. The number of carbonyl (C=O) groups excluding carboxylic acids is 5. The summed E-state index contributed by atoms with van der Waals surface area (Å²) in [6.45, 7) is 12.6. The lowest BCUT2D eigenvalue weighted by molar-refractivity contribution is -0.133. The van der Waals surface area contributed by atoms with Gasteiger partial charge in [0, 0.05) is 37.3 Å². The molecule has 268 valence electrons. The molecule has 0 bridgehead atoms. The zero-order chi connectivity index (χ0) is 35.8. The molecule has 14 nitrogen and oxygen atoms in total. The number of carbonyl (C=O) groups is 5. The van der Waals surface area contributed by atoms with Crippen LogP contribution in [0, 0.1) is 23.2 Å². The molecule has 7 N–H and O–H groups in total. The summed E-state index contributed by atoms with van der Waals surface area (Å²) in [6.07, 6.45) is 6.62. The van der Waals surface area contributed by atoms with E-state index in [9.17, 15) is 34.2 Å². The van der Waals surface area contributed by atoms with Gasteiger partial charge < -0.3 is 36.8 Å². The predicted molar refractivity (Wildman–Crippen MR) is 178 cm³/mol. The van der Waals surface area contributed by atoms with Crippen molar-refractivity contribution in [2.45, 2.75) is 129 Å². The van der Waals surface area contributed by atoms with Crippen LogP contribution in [0.15, 0.2) is 18.6 Å². The molecule has 2 aliphatic rings. The summed E-state index contributed by atoms with van der Waals surface area (Å²) in [7, 11) is 0. The third-order valence-electron chi connectivity index (χ3n) is 9.30. The molecule has 2 fully saturated rings. The first-order chi connectivity index (χ1) is 22.4. The van der Waals surface area contributed by atoms with Crippen LogP contribution in [-0.2, 0) is 19.2 Å². The number of amides is 5. The van der Waals surface area contributed by atoms with Gasteiger partial charge in [0.25, 0.3) is 11.8 Å². The molecule has 14 heteroatoms. The third-order valence-corrected chi connectivity index (χ3v) is 9.30. The minimum absolute atomic E-state index is 0.0505. The summed E-state index contributed by atoms with van der Waals surface area (Å²) in [5, 5.41) is 35.9. The van der Waals surface area contributed by atoms with Crippen molar-refractivity contribution in [3.63, 3.8) is 0 Å². The SMILES string of the molecule is CCCC(NC(=O)C[C@H]1CC[C@@](C)(O)[C@H]1CNC(=O)[C@@H](NC(=O)[C@H](NC(=O)c1cnccn1)C(C)C)C(C)(C)C)C(O)C(=O)NC1CC1. The number of aliphatic hydroxyl groups excluding tert-OH is 1. The normalized spacial score (nSPS) is 23.4. The number of hydrogen-bond donors (Lipinski definition) is 7. The average Bonchev–Trinajstić information content (AvgIpc) is 3.78. The number of nitrogens with one attached hydrogen (secondary N) is 5. The van der Waals surface area contributed by atoms with Gasteiger partial charge in [-0.15, -0.1) is 0 Å². The molecular formula is C34H55N7O7. The van der Waals surface area contributed by atoms with E-state index in [1.807, 2.05) is 27.7 Å². The Hall–Kier alpha value is -3.65. The summed E-state index contributed by atoms with van der Waals surface area (Å²) in [5.41, 5.74) is -1.81. The molecule has 0 aliphatic heterocycles. The van der Waals surface area contributed by atoms with Crippen LogP contribution in [0.4, 0.5) is 0 Å². The molecule has 1 aromatic heterocycles. The van der Waals surface area contributed by atoms with Crippen molar-refractivity contribution in [3.8, 4) is 0 Å². The zero-order valence-electron chi connectivity index (χ0n) is 29.3. The topological polar surface area (TPSA) is 212 Å². The van der Waals surface area contributed by atoms with Gasteiger partial charge in [0.15, 0.2) is 6.10 Å². The van der Waals surface area contributed by atoms with Crippen molar-refractivity contribution in [3.05, 3.63) is 24.3 Å². The molecular weight excluding hydrogens is 618 g/mol. The highest BCUT2D eigenvalue weighted by Crippen LogP contribution is 2.41. The van der Waals surface area contributed by atoms with Crippen LogP contribution in [0.1, 0.15) is 104 Å². The summed E-state index contributed by atoms with van der Waals surface area (Å²) in [5.74, 6) is -3.44. The summed E-state index contributed by atoms with van der Waals surface area (Å²) < 4.78 is 0. The van der Waals surface area contributed by atoms with Crippen molar-refractivity contribution in [1.82, 2.24) is 36.6 Å². The molecule has 2 saturated carbocycles. The van der Waals surface area contributed by atoms with Crippen LogP contribution in [0.25, 0.3) is 0 Å². The first kappa shape index (κ1) is 38.8. The number of nitrogens with zero attached hydrogens (tertiary/aromatic N) is 2. The minimum Gasteiger partial charge on any atom is -0.390 e. The van der Waals surface area contributed by atoms with Gasteiger partial charge in [0.2, 0.25) is 17.7 Å². The van der Waals surface area contributed by atoms with Crippen LogP contribution in [0.2, 0.25) is 0 Å². The lowest BCUT2D eigenvalue weighted by atomic mass is 9.83. The fourth-order valence-corrected chi connectivity index (χ4v) is 6.21. The van der Waals surface area contributed by atoms with Gasteiger partial charge in [-0.25, -0.2) is 4.98 Å².